The number of carbonyl (C=O) groups is 1. The minimum absolute atomic E-state index is 0. The number of esters is 1. The number of benzene rings is 1. The quantitative estimate of drug-likeness (QED) is 0.218. The highest BCUT2D eigenvalue weighted by molar-refractivity contribution is 14.0. The zero-order valence-corrected chi connectivity index (χ0v) is 17.3. The van der Waals surface area contributed by atoms with Crippen LogP contribution in [-0.4, -0.2) is 31.2 Å². The number of nitrogens with zero attached hydrogens (tertiary/aromatic N) is 1. The Morgan fingerprint density at radius 2 is 2.04 bits per heavy atom. The van der Waals surface area contributed by atoms with Crippen molar-refractivity contribution in [2.75, 3.05) is 13.2 Å². The fourth-order valence-corrected chi connectivity index (χ4v) is 3.39. The predicted molar refractivity (Wildman–Crippen MR) is 112 cm³/mol. The second-order valence-corrected chi connectivity index (χ2v) is 6.64. The predicted octanol–water partition coefficient (Wildman–Crippen LogP) is 3.30. The van der Waals surface area contributed by atoms with Crippen LogP contribution >= 0.6 is 24.0 Å². The topological polar surface area (TPSA) is 85.9 Å². The first kappa shape index (κ1) is 20.8. The van der Waals surface area contributed by atoms with Gasteiger partial charge in [-0.1, -0.05) is 18.2 Å². The van der Waals surface area contributed by atoms with Crippen LogP contribution in [0.15, 0.2) is 29.3 Å². The molecule has 1 fully saturated rings. The van der Waals surface area contributed by atoms with Gasteiger partial charge in [0, 0.05) is 24.9 Å². The minimum atomic E-state index is -0.119. The van der Waals surface area contributed by atoms with E-state index in [-0.39, 0.29) is 42.1 Å². The number of nitrogens with two attached hydrogens (primary N) is 1. The van der Waals surface area contributed by atoms with E-state index in [2.05, 4.69) is 10.3 Å². The molecule has 0 saturated heterocycles. The highest BCUT2D eigenvalue weighted by atomic mass is 127. The third-order valence-corrected chi connectivity index (χ3v) is 4.70. The molecule has 1 aliphatic carbocycles. The van der Waals surface area contributed by atoms with Crippen molar-refractivity contribution in [2.45, 2.75) is 57.1 Å². The fraction of sp³-hybridized carbons (Fsp3) is 0.579. The van der Waals surface area contributed by atoms with E-state index >= 15 is 0 Å². The highest BCUT2D eigenvalue weighted by Gasteiger charge is 2.21. The van der Waals surface area contributed by atoms with E-state index in [1.54, 1.807) is 0 Å². The van der Waals surface area contributed by atoms with Crippen LogP contribution in [0.1, 0.15) is 56.6 Å². The van der Waals surface area contributed by atoms with Crippen LogP contribution in [-0.2, 0) is 9.53 Å². The van der Waals surface area contributed by atoms with Crippen LogP contribution < -0.4 is 15.8 Å². The smallest absolute Gasteiger partial charge is 0.306 e. The molecule has 0 radical (unpaired) electrons. The SMILES string of the molecule is I.NC(=NCCCC(=O)OC1CCCC1)NC1CCOc2ccccc21. The maximum atomic E-state index is 11.8. The molecule has 7 heteroatoms. The molecule has 3 rings (SSSR count). The van der Waals surface area contributed by atoms with Gasteiger partial charge in [0.1, 0.15) is 11.9 Å². The third kappa shape index (κ3) is 6.03. The summed E-state index contributed by atoms with van der Waals surface area (Å²) >= 11 is 0. The molecule has 1 unspecified atom stereocenters. The molecule has 1 aromatic rings. The van der Waals surface area contributed by atoms with Crippen LogP contribution in [0.2, 0.25) is 0 Å². The number of hydrogen-bond acceptors (Lipinski definition) is 4. The van der Waals surface area contributed by atoms with Crippen molar-refractivity contribution >= 4 is 35.9 Å². The molecular formula is C19H28IN3O3. The first-order valence-electron chi connectivity index (χ1n) is 9.20. The van der Waals surface area contributed by atoms with Crippen molar-refractivity contribution in [3.63, 3.8) is 0 Å². The number of ether oxygens (including phenoxy) is 2. The molecule has 26 heavy (non-hydrogen) atoms. The third-order valence-electron chi connectivity index (χ3n) is 4.70. The number of fused-ring (bicyclic) bond motifs is 1. The Kier molecular flexibility index (Phi) is 8.47. The van der Waals surface area contributed by atoms with E-state index < -0.39 is 0 Å². The number of guanidine groups is 1. The lowest BCUT2D eigenvalue weighted by Gasteiger charge is -2.26. The van der Waals surface area contributed by atoms with Crippen molar-refractivity contribution in [3.8, 4) is 5.75 Å². The average Bonchev–Trinajstić information content (AvgIpc) is 3.12. The van der Waals surface area contributed by atoms with Crippen LogP contribution in [0, 0.1) is 0 Å². The van der Waals surface area contributed by atoms with E-state index in [9.17, 15) is 4.79 Å². The van der Waals surface area contributed by atoms with E-state index in [0.717, 1.165) is 30.6 Å². The van der Waals surface area contributed by atoms with Crippen LogP contribution in [0.4, 0.5) is 0 Å². The molecule has 3 N–H and O–H groups in total. The summed E-state index contributed by atoms with van der Waals surface area (Å²) < 4.78 is 11.1. The molecule has 0 aromatic heterocycles. The van der Waals surface area contributed by atoms with Gasteiger partial charge in [-0.15, -0.1) is 24.0 Å². The number of aliphatic imine (C=N–C) groups is 1. The van der Waals surface area contributed by atoms with Gasteiger partial charge < -0.3 is 20.5 Å². The number of rotatable bonds is 6. The lowest BCUT2D eigenvalue weighted by Crippen LogP contribution is -2.37. The molecule has 0 spiro atoms. The summed E-state index contributed by atoms with van der Waals surface area (Å²) in [6.07, 6.45) is 6.38. The highest BCUT2D eigenvalue weighted by Crippen LogP contribution is 2.31. The zero-order chi connectivity index (χ0) is 17.5. The Morgan fingerprint density at radius 3 is 2.85 bits per heavy atom. The summed E-state index contributed by atoms with van der Waals surface area (Å²) in [4.78, 5) is 16.1. The molecule has 1 aromatic carbocycles. The standard InChI is InChI=1S/C19H27N3O3.HI/c20-19(21-12-5-10-18(23)25-14-6-1-2-7-14)22-16-11-13-24-17-9-4-3-8-15(16)17;/h3-4,8-9,14,16H,1-2,5-7,10-13H2,(H3,20,21,22);1H. The Morgan fingerprint density at radius 1 is 1.27 bits per heavy atom. The van der Waals surface area contributed by atoms with Gasteiger partial charge in [-0.25, -0.2) is 0 Å². The van der Waals surface area contributed by atoms with Crippen molar-refractivity contribution in [3.05, 3.63) is 29.8 Å². The summed E-state index contributed by atoms with van der Waals surface area (Å²) in [7, 11) is 0. The van der Waals surface area contributed by atoms with Gasteiger partial charge in [0.2, 0.25) is 0 Å². The van der Waals surface area contributed by atoms with Crippen LogP contribution in [0.3, 0.4) is 0 Å². The molecule has 1 atom stereocenters. The molecule has 1 saturated carbocycles. The maximum absolute atomic E-state index is 11.8. The Balaban J connectivity index is 0.00000243. The van der Waals surface area contributed by atoms with Crippen molar-refractivity contribution < 1.29 is 14.3 Å². The van der Waals surface area contributed by atoms with Crippen LogP contribution in [0.25, 0.3) is 0 Å². The van der Waals surface area contributed by atoms with E-state index in [0.29, 0.717) is 32.0 Å². The average molecular weight is 473 g/mol. The fourth-order valence-electron chi connectivity index (χ4n) is 3.39. The summed E-state index contributed by atoms with van der Waals surface area (Å²) in [5.41, 5.74) is 7.10. The first-order valence-corrected chi connectivity index (χ1v) is 9.20. The van der Waals surface area contributed by atoms with Crippen LogP contribution in [0.5, 0.6) is 5.75 Å². The molecule has 144 valence electrons. The van der Waals surface area contributed by atoms with Crippen molar-refractivity contribution in [2.24, 2.45) is 10.7 Å². The zero-order valence-electron chi connectivity index (χ0n) is 15.0. The second kappa shape index (κ2) is 10.6. The van der Waals surface area contributed by atoms with Gasteiger partial charge in [-0.05, 0) is 38.2 Å². The van der Waals surface area contributed by atoms with Gasteiger partial charge in [0.05, 0.1) is 12.6 Å². The molecule has 1 aliphatic heterocycles. The molecule has 0 amide bonds. The Labute approximate surface area is 171 Å². The molecule has 1 heterocycles. The number of nitrogens with one attached hydrogen (secondary N) is 1. The van der Waals surface area contributed by atoms with Crippen molar-refractivity contribution in [1.82, 2.24) is 5.32 Å². The van der Waals surface area contributed by atoms with Gasteiger partial charge in [0.15, 0.2) is 5.96 Å². The number of halogens is 1. The van der Waals surface area contributed by atoms with Gasteiger partial charge in [0.25, 0.3) is 0 Å². The Hall–Kier alpha value is -1.51. The normalized spacial score (nSPS) is 19.8. The minimum Gasteiger partial charge on any atom is -0.493 e. The largest absolute Gasteiger partial charge is 0.493 e. The maximum Gasteiger partial charge on any atom is 0.306 e. The molecule has 0 bridgehead atoms. The molecular weight excluding hydrogens is 445 g/mol. The molecule has 6 nitrogen and oxygen atoms in total. The van der Waals surface area contributed by atoms with Gasteiger partial charge in [-0.2, -0.15) is 0 Å². The van der Waals surface area contributed by atoms with Gasteiger partial charge in [-0.3, -0.25) is 9.79 Å². The lowest BCUT2D eigenvalue weighted by molar-refractivity contribution is -0.148. The first-order chi connectivity index (χ1) is 12.2. The lowest BCUT2D eigenvalue weighted by atomic mass is 10.0. The number of carbonyl (C=O) groups excluding carboxylic acids is 1. The van der Waals surface area contributed by atoms with E-state index in [1.165, 1.54) is 12.8 Å². The van der Waals surface area contributed by atoms with E-state index in [1.807, 2.05) is 24.3 Å². The summed E-state index contributed by atoms with van der Waals surface area (Å²) in [6.45, 7) is 1.18. The van der Waals surface area contributed by atoms with Crippen molar-refractivity contribution in [1.29, 1.82) is 0 Å². The second-order valence-electron chi connectivity index (χ2n) is 6.64. The van der Waals surface area contributed by atoms with E-state index in [4.69, 9.17) is 15.2 Å². The number of hydrogen-bond donors (Lipinski definition) is 2. The molecule has 2 aliphatic rings. The summed E-state index contributed by atoms with van der Waals surface area (Å²) in [5, 5.41) is 3.25. The monoisotopic (exact) mass is 473 g/mol. The summed E-state index contributed by atoms with van der Waals surface area (Å²) in [6, 6.07) is 8.07. The number of para-hydroxylation sites is 1. The summed E-state index contributed by atoms with van der Waals surface area (Å²) in [5.74, 6) is 1.19. The van der Waals surface area contributed by atoms with Gasteiger partial charge >= 0.3 is 5.97 Å². The Bertz CT molecular complexity index is 618.